The molecule has 0 aliphatic rings. The Morgan fingerprint density at radius 2 is 1.70 bits per heavy atom. The summed E-state index contributed by atoms with van der Waals surface area (Å²) < 4.78 is 33.3. The van der Waals surface area contributed by atoms with Crippen LogP contribution in [0.3, 0.4) is 0 Å². The number of carbonyl (C=O) groups excluding carboxylic acids is 1. The average Bonchev–Trinajstić information content (AvgIpc) is 2.81. The van der Waals surface area contributed by atoms with Crippen molar-refractivity contribution in [2.45, 2.75) is 25.7 Å². The Bertz CT molecular complexity index is 1220. The van der Waals surface area contributed by atoms with Gasteiger partial charge in [-0.25, -0.2) is 13.8 Å². The number of hydrogen-bond donors (Lipinski definition) is 1. The minimum atomic E-state index is -3.97. The molecule has 0 bridgehead atoms. The van der Waals surface area contributed by atoms with Crippen molar-refractivity contribution in [3.8, 4) is 5.75 Å². The molecule has 3 aromatic rings. The Balaban J connectivity index is 1.81. The second-order valence-electron chi connectivity index (χ2n) is 7.34. The fraction of sp³-hybridized carbons (Fsp3) is 0.200. The fourth-order valence-corrected chi connectivity index (χ4v) is 4.69. The van der Waals surface area contributed by atoms with Crippen molar-refractivity contribution >= 4 is 27.8 Å². The predicted molar refractivity (Wildman–Crippen MR) is 130 cm³/mol. The average molecular weight is 466 g/mol. The summed E-state index contributed by atoms with van der Waals surface area (Å²) in [5.41, 5.74) is 5.34. The van der Waals surface area contributed by atoms with Gasteiger partial charge in [-0.2, -0.15) is 5.10 Å². The maximum atomic E-state index is 13.4. The van der Waals surface area contributed by atoms with E-state index in [2.05, 4.69) is 10.5 Å². The highest BCUT2D eigenvalue weighted by molar-refractivity contribution is 7.92. The molecule has 0 saturated carbocycles. The van der Waals surface area contributed by atoms with Crippen LogP contribution in [-0.4, -0.2) is 33.7 Å². The molecule has 33 heavy (non-hydrogen) atoms. The molecular weight excluding hydrogens is 438 g/mol. The monoisotopic (exact) mass is 465 g/mol. The second kappa shape index (κ2) is 10.8. The number of anilines is 1. The van der Waals surface area contributed by atoms with Crippen LogP contribution in [-0.2, 0) is 14.8 Å². The lowest BCUT2D eigenvalue weighted by Crippen LogP contribution is -2.40. The molecular formula is C25H27N3O4S. The summed E-state index contributed by atoms with van der Waals surface area (Å²) in [5, 5.41) is 3.97. The van der Waals surface area contributed by atoms with Crippen molar-refractivity contribution in [3.05, 3.63) is 89.5 Å². The maximum absolute atomic E-state index is 13.4. The van der Waals surface area contributed by atoms with Crippen LogP contribution >= 0.6 is 0 Å². The SMILES string of the molecule is CCOc1ccc(/C=N\NC(=O)CN(c2cccc(C)c2C)S(=O)(=O)c2ccccc2)cc1. The van der Waals surface area contributed by atoms with E-state index in [-0.39, 0.29) is 4.90 Å². The number of ether oxygens (including phenoxy) is 1. The number of carbonyl (C=O) groups is 1. The zero-order valence-corrected chi connectivity index (χ0v) is 19.7. The van der Waals surface area contributed by atoms with E-state index >= 15 is 0 Å². The smallest absolute Gasteiger partial charge is 0.264 e. The minimum absolute atomic E-state index is 0.108. The van der Waals surface area contributed by atoms with Gasteiger partial charge in [-0.05, 0) is 79.9 Å². The first-order valence-corrected chi connectivity index (χ1v) is 12.0. The summed E-state index contributed by atoms with van der Waals surface area (Å²) in [6, 6.07) is 20.6. The molecule has 0 radical (unpaired) electrons. The normalized spacial score (nSPS) is 11.4. The Labute approximate surface area is 194 Å². The fourth-order valence-electron chi connectivity index (χ4n) is 3.19. The van der Waals surface area contributed by atoms with E-state index in [4.69, 9.17) is 4.74 Å². The van der Waals surface area contributed by atoms with Gasteiger partial charge in [-0.3, -0.25) is 9.10 Å². The molecule has 0 heterocycles. The van der Waals surface area contributed by atoms with Crippen molar-refractivity contribution in [2.24, 2.45) is 5.10 Å². The molecule has 3 aromatic carbocycles. The number of amides is 1. The van der Waals surface area contributed by atoms with Gasteiger partial charge in [0.1, 0.15) is 12.3 Å². The number of nitrogens with one attached hydrogen (secondary N) is 1. The van der Waals surface area contributed by atoms with Crippen molar-refractivity contribution in [1.29, 1.82) is 0 Å². The quantitative estimate of drug-likeness (QED) is 0.381. The molecule has 0 aliphatic carbocycles. The number of hydrazone groups is 1. The molecule has 0 saturated heterocycles. The van der Waals surface area contributed by atoms with Gasteiger partial charge in [0, 0.05) is 0 Å². The highest BCUT2D eigenvalue weighted by Crippen LogP contribution is 2.28. The van der Waals surface area contributed by atoms with E-state index in [9.17, 15) is 13.2 Å². The standard InChI is InChI=1S/C25H27N3O4S/c1-4-32-22-15-13-21(14-16-22)17-26-27-25(29)18-28(24-12-8-9-19(2)20(24)3)33(30,31)23-10-6-5-7-11-23/h5-17H,4,18H2,1-3H3,(H,27,29)/b26-17-. The molecule has 0 fully saturated rings. The first-order valence-electron chi connectivity index (χ1n) is 10.5. The largest absolute Gasteiger partial charge is 0.494 e. The van der Waals surface area contributed by atoms with Crippen LogP contribution in [0.25, 0.3) is 0 Å². The summed E-state index contributed by atoms with van der Waals surface area (Å²) >= 11 is 0. The van der Waals surface area contributed by atoms with Crippen molar-refractivity contribution < 1.29 is 17.9 Å². The molecule has 3 rings (SSSR count). The molecule has 0 unspecified atom stereocenters. The third kappa shape index (κ3) is 5.98. The summed E-state index contributed by atoms with van der Waals surface area (Å²) in [6.07, 6.45) is 1.49. The van der Waals surface area contributed by atoms with Gasteiger partial charge in [0.25, 0.3) is 15.9 Å². The Morgan fingerprint density at radius 1 is 1.00 bits per heavy atom. The minimum Gasteiger partial charge on any atom is -0.494 e. The predicted octanol–water partition coefficient (Wildman–Crippen LogP) is 4.05. The van der Waals surface area contributed by atoms with Gasteiger partial charge in [0.05, 0.1) is 23.4 Å². The molecule has 8 heteroatoms. The molecule has 0 atom stereocenters. The highest BCUT2D eigenvalue weighted by Gasteiger charge is 2.28. The van der Waals surface area contributed by atoms with E-state index in [1.165, 1.54) is 18.3 Å². The number of rotatable bonds is 9. The zero-order valence-electron chi connectivity index (χ0n) is 18.9. The highest BCUT2D eigenvalue weighted by atomic mass is 32.2. The third-order valence-corrected chi connectivity index (χ3v) is 6.83. The second-order valence-corrected chi connectivity index (χ2v) is 9.20. The van der Waals surface area contributed by atoms with Gasteiger partial charge in [-0.15, -0.1) is 0 Å². The Hall–Kier alpha value is -3.65. The van der Waals surface area contributed by atoms with E-state index in [0.29, 0.717) is 12.3 Å². The number of hydrogen-bond acceptors (Lipinski definition) is 5. The van der Waals surface area contributed by atoms with Crippen molar-refractivity contribution in [3.63, 3.8) is 0 Å². The Kier molecular flexibility index (Phi) is 7.84. The van der Waals surface area contributed by atoms with Crippen molar-refractivity contribution in [1.82, 2.24) is 5.43 Å². The van der Waals surface area contributed by atoms with E-state index in [0.717, 1.165) is 26.7 Å². The lowest BCUT2D eigenvalue weighted by atomic mass is 10.1. The molecule has 1 amide bonds. The van der Waals surface area contributed by atoms with Gasteiger partial charge in [0.15, 0.2) is 0 Å². The van der Waals surface area contributed by atoms with Crippen LogP contribution in [0, 0.1) is 13.8 Å². The van der Waals surface area contributed by atoms with Crippen LogP contribution in [0.2, 0.25) is 0 Å². The van der Waals surface area contributed by atoms with E-state index < -0.39 is 22.5 Å². The van der Waals surface area contributed by atoms with E-state index in [1.807, 2.05) is 39.0 Å². The van der Waals surface area contributed by atoms with Crippen LogP contribution in [0.15, 0.2) is 82.8 Å². The summed E-state index contributed by atoms with van der Waals surface area (Å²) in [4.78, 5) is 12.8. The van der Waals surface area contributed by atoms with Gasteiger partial charge in [0.2, 0.25) is 0 Å². The van der Waals surface area contributed by atoms with Gasteiger partial charge in [-0.1, -0.05) is 30.3 Å². The lowest BCUT2D eigenvalue weighted by molar-refractivity contribution is -0.119. The molecule has 0 aliphatic heterocycles. The summed E-state index contributed by atoms with van der Waals surface area (Å²) in [5.74, 6) is 0.187. The number of nitrogens with zero attached hydrogens (tertiary/aromatic N) is 2. The van der Waals surface area contributed by atoms with Crippen molar-refractivity contribution in [2.75, 3.05) is 17.5 Å². The summed E-state index contributed by atoms with van der Waals surface area (Å²) in [7, 11) is -3.97. The molecule has 1 N–H and O–H groups in total. The number of sulfonamides is 1. The molecule has 7 nitrogen and oxygen atoms in total. The maximum Gasteiger partial charge on any atom is 0.264 e. The summed E-state index contributed by atoms with van der Waals surface area (Å²) in [6.45, 7) is 5.80. The first kappa shape index (κ1) is 24.0. The first-order chi connectivity index (χ1) is 15.8. The van der Waals surface area contributed by atoms with Crippen LogP contribution < -0.4 is 14.5 Å². The van der Waals surface area contributed by atoms with E-state index in [1.54, 1.807) is 42.5 Å². The molecule has 172 valence electrons. The van der Waals surface area contributed by atoms with Gasteiger partial charge < -0.3 is 4.74 Å². The lowest BCUT2D eigenvalue weighted by Gasteiger charge is -2.26. The van der Waals surface area contributed by atoms with Crippen LogP contribution in [0.5, 0.6) is 5.75 Å². The zero-order chi connectivity index (χ0) is 23.8. The third-order valence-electron chi connectivity index (χ3n) is 5.06. The molecule has 0 aromatic heterocycles. The van der Waals surface area contributed by atoms with Crippen LogP contribution in [0.4, 0.5) is 5.69 Å². The number of aryl methyl sites for hydroxylation is 1. The Morgan fingerprint density at radius 3 is 2.36 bits per heavy atom. The van der Waals surface area contributed by atoms with Gasteiger partial charge >= 0.3 is 0 Å². The van der Waals surface area contributed by atoms with Crippen LogP contribution in [0.1, 0.15) is 23.6 Å². The molecule has 0 spiro atoms. The number of benzene rings is 3. The topological polar surface area (TPSA) is 88.1 Å².